The molecule has 8 heteroatoms. The van der Waals surface area contributed by atoms with Crippen molar-refractivity contribution in [3.63, 3.8) is 0 Å². The van der Waals surface area contributed by atoms with Gasteiger partial charge in [-0.2, -0.15) is 0 Å². The lowest BCUT2D eigenvalue weighted by atomic mass is 10.3. The largest absolute Gasteiger partial charge is 0.484 e. The van der Waals surface area contributed by atoms with Crippen molar-refractivity contribution in [2.45, 2.75) is 11.3 Å². The van der Waals surface area contributed by atoms with Crippen molar-refractivity contribution in [2.75, 3.05) is 33.9 Å². The second kappa shape index (κ2) is 7.96. The Kier molecular flexibility index (Phi) is 6.60. The molecule has 7 nitrogen and oxygen atoms in total. The number of carbonyl (C=O) groups excluding carboxylic acids is 1. The standard InChI is InChI=1S/C13H20N2O5S/c1-15(2)13(17)10-20-11-4-6-12(7-5-11)21(18,19)14-8-3-9-16/h4-7,14,16H,3,8-10H2,1-2H3. The first kappa shape index (κ1) is 17.4. The number of hydrogen-bond donors (Lipinski definition) is 2. The van der Waals surface area contributed by atoms with Gasteiger partial charge in [-0.05, 0) is 30.7 Å². The average Bonchev–Trinajstić information content (AvgIpc) is 2.45. The number of carbonyl (C=O) groups is 1. The molecular weight excluding hydrogens is 296 g/mol. The number of sulfonamides is 1. The molecule has 0 fully saturated rings. The van der Waals surface area contributed by atoms with E-state index in [1.165, 1.54) is 29.2 Å². The summed E-state index contributed by atoms with van der Waals surface area (Å²) in [6.07, 6.45) is 0.354. The molecule has 21 heavy (non-hydrogen) atoms. The van der Waals surface area contributed by atoms with Crippen molar-refractivity contribution < 1.29 is 23.1 Å². The summed E-state index contributed by atoms with van der Waals surface area (Å²) in [5.41, 5.74) is 0. The maximum absolute atomic E-state index is 11.9. The third-order valence-corrected chi connectivity index (χ3v) is 4.10. The van der Waals surface area contributed by atoms with Gasteiger partial charge in [0.25, 0.3) is 5.91 Å². The Morgan fingerprint density at radius 2 is 1.90 bits per heavy atom. The molecule has 0 heterocycles. The fourth-order valence-electron chi connectivity index (χ4n) is 1.36. The van der Waals surface area contributed by atoms with E-state index >= 15 is 0 Å². The van der Waals surface area contributed by atoms with Crippen LogP contribution in [0.5, 0.6) is 5.75 Å². The SMILES string of the molecule is CN(C)C(=O)COc1ccc(S(=O)(=O)NCCCO)cc1. The van der Waals surface area contributed by atoms with Crippen LogP contribution in [0.1, 0.15) is 6.42 Å². The normalized spacial score (nSPS) is 11.2. The number of rotatable bonds is 8. The van der Waals surface area contributed by atoms with Crippen LogP contribution in [0.2, 0.25) is 0 Å². The number of benzene rings is 1. The molecule has 1 aromatic carbocycles. The minimum absolute atomic E-state index is 0.0742. The van der Waals surface area contributed by atoms with Gasteiger partial charge in [-0.1, -0.05) is 0 Å². The van der Waals surface area contributed by atoms with Crippen LogP contribution >= 0.6 is 0 Å². The van der Waals surface area contributed by atoms with Gasteiger partial charge in [-0.15, -0.1) is 0 Å². The topological polar surface area (TPSA) is 95.9 Å². The minimum Gasteiger partial charge on any atom is -0.484 e. The Morgan fingerprint density at radius 1 is 1.29 bits per heavy atom. The zero-order valence-electron chi connectivity index (χ0n) is 12.1. The van der Waals surface area contributed by atoms with Crippen LogP contribution in [0.25, 0.3) is 0 Å². The Bertz CT molecular complexity index is 554. The second-order valence-electron chi connectivity index (χ2n) is 4.52. The third-order valence-electron chi connectivity index (χ3n) is 2.62. The van der Waals surface area contributed by atoms with E-state index < -0.39 is 10.0 Å². The van der Waals surface area contributed by atoms with Gasteiger partial charge in [0.2, 0.25) is 10.0 Å². The summed E-state index contributed by atoms with van der Waals surface area (Å²) in [6.45, 7) is -0.00251. The molecule has 0 bridgehead atoms. The molecule has 0 aliphatic heterocycles. The van der Waals surface area contributed by atoms with Crippen LogP contribution in [-0.4, -0.2) is 58.2 Å². The number of nitrogens with one attached hydrogen (secondary N) is 1. The van der Waals surface area contributed by atoms with Crippen molar-refractivity contribution >= 4 is 15.9 Å². The van der Waals surface area contributed by atoms with Crippen molar-refractivity contribution in [1.82, 2.24) is 9.62 Å². The zero-order chi connectivity index (χ0) is 15.9. The fraction of sp³-hybridized carbons (Fsp3) is 0.462. The zero-order valence-corrected chi connectivity index (χ0v) is 12.9. The Morgan fingerprint density at radius 3 is 2.43 bits per heavy atom. The molecule has 0 aliphatic rings. The number of ether oxygens (including phenoxy) is 1. The van der Waals surface area contributed by atoms with Crippen molar-refractivity contribution in [2.24, 2.45) is 0 Å². The predicted molar refractivity (Wildman–Crippen MR) is 77.5 cm³/mol. The van der Waals surface area contributed by atoms with Gasteiger partial charge in [-0.3, -0.25) is 4.79 Å². The van der Waals surface area contributed by atoms with Crippen LogP contribution in [0, 0.1) is 0 Å². The van der Waals surface area contributed by atoms with Gasteiger partial charge in [0.1, 0.15) is 5.75 Å². The van der Waals surface area contributed by atoms with Crippen LogP contribution in [0.15, 0.2) is 29.2 Å². The molecule has 2 N–H and O–H groups in total. The summed E-state index contributed by atoms with van der Waals surface area (Å²) >= 11 is 0. The summed E-state index contributed by atoms with van der Waals surface area (Å²) in [5, 5.41) is 8.63. The van der Waals surface area contributed by atoms with Gasteiger partial charge in [0, 0.05) is 27.2 Å². The number of nitrogens with zero attached hydrogens (tertiary/aromatic N) is 1. The summed E-state index contributed by atoms with van der Waals surface area (Å²) in [5.74, 6) is 0.233. The van der Waals surface area contributed by atoms with E-state index in [9.17, 15) is 13.2 Å². The molecule has 1 amide bonds. The van der Waals surface area contributed by atoms with Gasteiger partial charge >= 0.3 is 0 Å². The first-order valence-corrected chi connectivity index (χ1v) is 7.88. The molecule has 0 aliphatic carbocycles. The third kappa shape index (κ3) is 5.70. The van der Waals surface area contributed by atoms with Crippen LogP contribution in [-0.2, 0) is 14.8 Å². The highest BCUT2D eigenvalue weighted by Gasteiger charge is 2.13. The van der Waals surface area contributed by atoms with E-state index in [-0.39, 0.29) is 30.6 Å². The molecule has 0 saturated heterocycles. The van der Waals surface area contributed by atoms with Crippen LogP contribution in [0.4, 0.5) is 0 Å². The molecule has 1 aromatic rings. The average molecular weight is 316 g/mol. The quantitative estimate of drug-likeness (QED) is 0.648. The number of amides is 1. The van der Waals surface area contributed by atoms with Crippen LogP contribution < -0.4 is 9.46 Å². The summed E-state index contributed by atoms with van der Waals surface area (Å²) in [6, 6.07) is 5.78. The van der Waals surface area contributed by atoms with E-state index in [1.807, 2.05) is 0 Å². The number of likely N-dealkylation sites (N-methyl/N-ethyl adjacent to an activating group) is 1. The Balaban J connectivity index is 2.63. The first-order valence-electron chi connectivity index (χ1n) is 6.40. The highest BCUT2D eigenvalue weighted by Crippen LogP contribution is 2.15. The molecular formula is C13H20N2O5S. The van der Waals surface area contributed by atoms with E-state index in [1.54, 1.807) is 14.1 Å². The Labute approximate surface area is 124 Å². The first-order chi connectivity index (χ1) is 9.86. The Hall–Kier alpha value is -1.64. The number of hydrogen-bond acceptors (Lipinski definition) is 5. The lowest BCUT2D eigenvalue weighted by Crippen LogP contribution is -2.27. The summed E-state index contributed by atoms with van der Waals surface area (Å²) in [4.78, 5) is 12.9. The molecule has 0 aromatic heterocycles. The van der Waals surface area contributed by atoms with Gasteiger partial charge < -0.3 is 14.7 Å². The summed E-state index contributed by atoms with van der Waals surface area (Å²) < 4.78 is 31.4. The van der Waals surface area contributed by atoms with Crippen LogP contribution in [0.3, 0.4) is 0 Å². The van der Waals surface area contributed by atoms with E-state index in [4.69, 9.17) is 9.84 Å². The van der Waals surface area contributed by atoms with Gasteiger partial charge in [-0.25, -0.2) is 13.1 Å². The molecule has 0 saturated carbocycles. The number of aliphatic hydroxyl groups excluding tert-OH is 1. The minimum atomic E-state index is -3.59. The molecule has 0 unspecified atom stereocenters. The van der Waals surface area contributed by atoms with E-state index in [0.717, 1.165) is 0 Å². The smallest absolute Gasteiger partial charge is 0.259 e. The van der Waals surface area contributed by atoms with Crippen molar-refractivity contribution in [1.29, 1.82) is 0 Å². The lowest BCUT2D eigenvalue weighted by molar-refractivity contribution is -0.130. The maximum atomic E-state index is 11.9. The molecule has 0 atom stereocenters. The molecule has 0 spiro atoms. The van der Waals surface area contributed by atoms with Gasteiger partial charge in [0.15, 0.2) is 6.61 Å². The highest BCUT2D eigenvalue weighted by atomic mass is 32.2. The predicted octanol–water partition coefficient (Wildman–Crippen LogP) is -0.186. The molecule has 1 rings (SSSR count). The van der Waals surface area contributed by atoms with E-state index in [0.29, 0.717) is 12.2 Å². The number of aliphatic hydroxyl groups is 1. The monoisotopic (exact) mass is 316 g/mol. The highest BCUT2D eigenvalue weighted by molar-refractivity contribution is 7.89. The maximum Gasteiger partial charge on any atom is 0.259 e. The lowest BCUT2D eigenvalue weighted by Gasteiger charge is -2.11. The molecule has 118 valence electrons. The summed E-state index contributed by atoms with van der Waals surface area (Å²) in [7, 11) is -0.337. The van der Waals surface area contributed by atoms with Crippen molar-refractivity contribution in [3.8, 4) is 5.75 Å². The second-order valence-corrected chi connectivity index (χ2v) is 6.29. The fourth-order valence-corrected chi connectivity index (χ4v) is 2.43. The van der Waals surface area contributed by atoms with E-state index in [2.05, 4.69) is 4.72 Å². The molecule has 0 radical (unpaired) electrons. The van der Waals surface area contributed by atoms with Gasteiger partial charge in [0.05, 0.1) is 4.90 Å². The van der Waals surface area contributed by atoms with Crippen molar-refractivity contribution in [3.05, 3.63) is 24.3 Å².